The summed E-state index contributed by atoms with van der Waals surface area (Å²) in [5.74, 6) is 0.451. The molecule has 0 aromatic heterocycles. The summed E-state index contributed by atoms with van der Waals surface area (Å²) in [7, 11) is 0. The van der Waals surface area contributed by atoms with E-state index in [0.29, 0.717) is 13.0 Å². The third-order valence-corrected chi connectivity index (χ3v) is 2.46. The van der Waals surface area contributed by atoms with Gasteiger partial charge in [0.25, 0.3) is 0 Å². The maximum absolute atomic E-state index is 9.59. The van der Waals surface area contributed by atoms with E-state index in [1.807, 2.05) is 20.8 Å². The summed E-state index contributed by atoms with van der Waals surface area (Å²) in [4.78, 5) is 0. The number of nitrogens with one attached hydrogen (secondary N) is 1. The molecule has 2 atom stereocenters. The first-order chi connectivity index (χ1) is 7.01. The molecule has 0 aromatic carbocycles. The van der Waals surface area contributed by atoms with Crippen molar-refractivity contribution in [3.05, 3.63) is 0 Å². The lowest BCUT2D eigenvalue weighted by molar-refractivity contribution is 0.120. The molecule has 0 spiro atoms. The van der Waals surface area contributed by atoms with Crippen molar-refractivity contribution < 1.29 is 10.3 Å². The number of hydrogen-bond donors (Lipinski definition) is 4. The smallest absolute Gasteiger partial charge is 0.140 e. The van der Waals surface area contributed by atoms with Crippen LogP contribution in [0.1, 0.15) is 33.6 Å². The zero-order chi connectivity index (χ0) is 11.8. The van der Waals surface area contributed by atoms with Gasteiger partial charge in [-0.1, -0.05) is 25.9 Å². The average Bonchev–Trinajstić information content (AvgIpc) is 2.22. The number of hydrogen-bond acceptors (Lipinski definition) is 4. The van der Waals surface area contributed by atoms with Gasteiger partial charge >= 0.3 is 0 Å². The van der Waals surface area contributed by atoms with Crippen LogP contribution in [0.4, 0.5) is 0 Å². The molecule has 0 saturated heterocycles. The first kappa shape index (κ1) is 14.2. The first-order valence-corrected chi connectivity index (χ1v) is 5.39. The molecule has 0 aliphatic carbocycles. The predicted octanol–water partition coefficient (Wildman–Crippen LogP) is 0.508. The molecule has 0 saturated carbocycles. The van der Waals surface area contributed by atoms with Gasteiger partial charge < -0.3 is 21.4 Å². The molecule has 0 fully saturated rings. The van der Waals surface area contributed by atoms with E-state index in [1.165, 1.54) is 0 Å². The second-order valence-electron chi connectivity index (χ2n) is 4.12. The third kappa shape index (κ3) is 6.30. The molecule has 2 unspecified atom stereocenters. The Bertz CT molecular complexity index is 195. The van der Waals surface area contributed by atoms with Crippen LogP contribution in [0.25, 0.3) is 0 Å². The largest absolute Gasteiger partial charge is 0.409 e. The van der Waals surface area contributed by atoms with Crippen molar-refractivity contribution in [2.75, 3.05) is 6.54 Å². The van der Waals surface area contributed by atoms with Crippen LogP contribution in [0.2, 0.25) is 0 Å². The van der Waals surface area contributed by atoms with Gasteiger partial charge in [-0.2, -0.15) is 0 Å². The van der Waals surface area contributed by atoms with Crippen molar-refractivity contribution in [2.45, 2.75) is 45.8 Å². The zero-order valence-corrected chi connectivity index (χ0v) is 9.77. The lowest BCUT2D eigenvalue weighted by Gasteiger charge is -2.20. The molecule has 5 N–H and O–H groups in total. The lowest BCUT2D eigenvalue weighted by Crippen LogP contribution is -2.39. The van der Waals surface area contributed by atoms with E-state index < -0.39 is 0 Å². The van der Waals surface area contributed by atoms with Crippen LogP contribution >= 0.6 is 0 Å². The fourth-order valence-corrected chi connectivity index (χ4v) is 1.18. The second kappa shape index (κ2) is 7.48. The second-order valence-corrected chi connectivity index (χ2v) is 4.12. The molecule has 0 radical (unpaired) electrons. The minimum Gasteiger partial charge on any atom is -0.409 e. The summed E-state index contributed by atoms with van der Waals surface area (Å²) in [5, 5.41) is 24.1. The van der Waals surface area contributed by atoms with Gasteiger partial charge in [-0.05, 0) is 12.3 Å². The van der Waals surface area contributed by atoms with Crippen LogP contribution in [-0.2, 0) is 0 Å². The van der Waals surface area contributed by atoms with Gasteiger partial charge in [0.2, 0.25) is 0 Å². The summed E-state index contributed by atoms with van der Waals surface area (Å²) < 4.78 is 0. The number of nitrogens with two attached hydrogens (primary N) is 1. The normalized spacial score (nSPS) is 16.7. The standard InChI is InChI=1S/C10H23N3O2/c1-4-8(5-10(11)13-15)12-6-9(14)7(2)3/h7-9,12,14-15H,4-6H2,1-3H3,(H2,11,13). The van der Waals surface area contributed by atoms with E-state index in [-0.39, 0.29) is 23.9 Å². The maximum Gasteiger partial charge on any atom is 0.140 e. The number of nitrogens with zero attached hydrogens (tertiary/aromatic N) is 1. The summed E-state index contributed by atoms with van der Waals surface area (Å²) in [6.45, 7) is 6.49. The fraction of sp³-hybridized carbons (Fsp3) is 0.900. The van der Waals surface area contributed by atoms with Gasteiger partial charge in [0.1, 0.15) is 5.84 Å². The van der Waals surface area contributed by atoms with Crippen LogP contribution in [0, 0.1) is 5.92 Å². The molecule has 0 rings (SSSR count). The zero-order valence-electron chi connectivity index (χ0n) is 9.77. The number of rotatable bonds is 7. The maximum atomic E-state index is 9.59. The summed E-state index contributed by atoms with van der Waals surface area (Å²) in [6, 6.07) is 0.147. The molecular weight excluding hydrogens is 194 g/mol. The number of amidine groups is 1. The highest BCUT2D eigenvalue weighted by molar-refractivity contribution is 5.80. The molecule has 0 heterocycles. The van der Waals surface area contributed by atoms with Crippen LogP contribution in [0.15, 0.2) is 5.16 Å². The Kier molecular flexibility index (Phi) is 7.07. The highest BCUT2D eigenvalue weighted by Gasteiger charge is 2.13. The Hall–Kier alpha value is -0.810. The summed E-state index contributed by atoms with van der Waals surface area (Å²) >= 11 is 0. The van der Waals surface area contributed by atoms with Crippen molar-refractivity contribution in [3.63, 3.8) is 0 Å². The average molecular weight is 217 g/mol. The van der Waals surface area contributed by atoms with Crippen molar-refractivity contribution in [1.82, 2.24) is 5.32 Å². The molecule has 0 bridgehead atoms. The monoisotopic (exact) mass is 217 g/mol. The van der Waals surface area contributed by atoms with E-state index >= 15 is 0 Å². The molecule has 0 aliphatic heterocycles. The molecular formula is C10H23N3O2. The minimum atomic E-state index is -0.355. The summed E-state index contributed by atoms with van der Waals surface area (Å²) in [5.41, 5.74) is 5.41. The Balaban J connectivity index is 3.90. The van der Waals surface area contributed by atoms with E-state index in [1.54, 1.807) is 0 Å². The van der Waals surface area contributed by atoms with E-state index in [2.05, 4.69) is 10.5 Å². The molecule has 0 amide bonds. The van der Waals surface area contributed by atoms with Crippen LogP contribution < -0.4 is 11.1 Å². The van der Waals surface area contributed by atoms with Gasteiger partial charge in [-0.3, -0.25) is 0 Å². The van der Waals surface area contributed by atoms with Crippen LogP contribution in [0.3, 0.4) is 0 Å². The topological polar surface area (TPSA) is 90.9 Å². The van der Waals surface area contributed by atoms with Crippen molar-refractivity contribution >= 4 is 5.84 Å². The number of oxime groups is 1. The Morgan fingerprint density at radius 3 is 2.47 bits per heavy atom. The van der Waals surface area contributed by atoms with Gasteiger partial charge in [-0.15, -0.1) is 0 Å². The van der Waals surface area contributed by atoms with Crippen molar-refractivity contribution in [1.29, 1.82) is 0 Å². The van der Waals surface area contributed by atoms with Crippen LogP contribution in [-0.4, -0.2) is 34.8 Å². The van der Waals surface area contributed by atoms with Crippen molar-refractivity contribution in [3.8, 4) is 0 Å². The summed E-state index contributed by atoms with van der Waals surface area (Å²) in [6.07, 6.45) is 1.02. The molecule has 5 nitrogen and oxygen atoms in total. The Morgan fingerprint density at radius 1 is 1.47 bits per heavy atom. The fourth-order valence-electron chi connectivity index (χ4n) is 1.18. The van der Waals surface area contributed by atoms with Gasteiger partial charge in [0.15, 0.2) is 0 Å². The number of aliphatic hydroxyl groups excluding tert-OH is 1. The van der Waals surface area contributed by atoms with Gasteiger partial charge in [0, 0.05) is 19.0 Å². The quantitative estimate of drug-likeness (QED) is 0.216. The molecule has 15 heavy (non-hydrogen) atoms. The molecule has 90 valence electrons. The number of aliphatic hydroxyl groups is 1. The highest BCUT2D eigenvalue weighted by Crippen LogP contribution is 2.02. The van der Waals surface area contributed by atoms with Crippen molar-refractivity contribution in [2.24, 2.45) is 16.8 Å². The predicted molar refractivity (Wildman–Crippen MR) is 61.0 cm³/mol. The van der Waals surface area contributed by atoms with Gasteiger partial charge in [0.05, 0.1) is 6.10 Å². The minimum absolute atomic E-state index is 0.147. The molecule has 5 heteroatoms. The Labute approximate surface area is 91.4 Å². The molecule has 0 aliphatic rings. The highest BCUT2D eigenvalue weighted by atomic mass is 16.4. The SMILES string of the molecule is CCC(CC(N)=NO)NCC(O)C(C)C. The first-order valence-electron chi connectivity index (χ1n) is 5.39. The van der Waals surface area contributed by atoms with E-state index in [9.17, 15) is 5.11 Å². The van der Waals surface area contributed by atoms with Gasteiger partial charge in [-0.25, -0.2) is 0 Å². The van der Waals surface area contributed by atoms with E-state index in [4.69, 9.17) is 10.9 Å². The Morgan fingerprint density at radius 2 is 2.07 bits per heavy atom. The third-order valence-electron chi connectivity index (χ3n) is 2.46. The van der Waals surface area contributed by atoms with Crippen LogP contribution in [0.5, 0.6) is 0 Å². The lowest BCUT2D eigenvalue weighted by atomic mass is 10.1. The molecule has 0 aromatic rings. The van der Waals surface area contributed by atoms with E-state index in [0.717, 1.165) is 6.42 Å².